The Labute approximate surface area is 165 Å². The number of halogens is 4. The van der Waals surface area contributed by atoms with Gasteiger partial charge < -0.3 is 14.8 Å². The predicted octanol–water partition coefficient (Wildman–Crippen LogP) is 5.66. The molecule has 2 aromatic rings. The zero-order chi connectivity index (χ0) is 19.9. The van der Waals surface area contributed by atoms with Crippen LogP contribution in [0.4, 0.5) is 18.9 Å². The lowest BCUT2D eigenvalue weighted by Crippen LogP contribution is -2.49. The lowest BCUT2D eigenvalue weighted by Gasteiger charge is -2.41. The van der Waals surface area contributed by atoms with E-state index in [-0.39, 0.29) is 22.2 Å². The molecule has 1 fully saturated rings. The molecule has 4 rings (SSSR count). The van der Waals surface area contributed by atoms with Crippen molar-refractivity contribution in [1.82, 2.24) is 0 Å². The van der Waals surface area contributed by atoms with Crippen molar-refractivity contribution in [3.05, 3.63) is 58.6 Å². The Morgan fingerprint density at radius 2 is 1.89 bits per heavy atom. The molecule has 0 spiro atoms. The van der Waals surface area contributed by atoms with E-state index in [9.17, 15) is 13.2 Å². The molecule has 2 aliphatic rings. The molecular formula is C21H17ClF3NO2. The number of anilines is 1. The van der Waals surface area contributed by atoms with Gasteiger partial charge in [0.2, 0.25) is 0 Å². The van der Waals surface area contributed by atoms with Gasteiger partial charge in [-0.1, -0.05) is 41.6 Å². The Morgan fingerprint density at radius 3 is 2.50 bits per heavy atom. The van der Waals surface area contributed by atoms with E-state index in [1.165, 1.54) is 13.2 Å². The second kappa shape index (κ2) is 6.91. The van der Waals surface area contributed by atoms with Crippen LogP contribution in [-0.4, -0.2) is 13.3 Å². The van der Waals surface area contributed by atoms with Crippen molar-refractivity contribution in [2.45, 2.75) is 30.8 Å². The highest BCUT2D eigenvalue weighted by Gasteiger charge is 2.61. The van der Waals surface area contributed by atoms with Crippen molar-refractivity contribution in [3.8, 4) is 17.6 Å². The Bertz CT molecular complexity index is 945. The number of nitrogens with one attached hydrogen (secondary N) is 1. The van der Waals surface area contributed by atoms with Crippen molar-refractivity contribution in [3.63, 3.8) is 0 Å². The minimum Gasteiger partial charge on any atom is -0.497 e. The molecule has 1 N–H and O–H groups in total. The average molecular weight is 408 g/mol. The van der Waals surface area contributed by atoms with E-state index in [4.69, 9.17) is 21.1 Å². The van der Waals surface area contributed by atoms with Crippen molar-refractivity contribution >= 4 is 17.3 Å². The van der Waals surface area contributed by atoms with Crippen LogP contribution in [0, 0.1) is 17.8 Å². The molecule has 1 unspecified atom stereocenters. The molecule has 0 aromatic heterocycles. The van der Waals surface area contributed by atoms with E-state index in [1.54, 1.807) is 36.4 Å². The van der Waals surface area contributed by atoms with E-state index in [0.29, 0.717) is 11.3 Å². The van der Waals surface area contributed by atoms with Crippen molar-refractivity contribution < 1.29 is 22.6 Å². The third-order valence-corrected chi connectivity index (χ3v) is 5.11. The monoisotopic (exact) mass is 407 g/mol. The van der Waals surface area contributed by atoms with Crippen LogP contribution in [0.15, 0.2) is 42.5 Å². The topological polar surface area (TPSA) is 30.5 Å². The third-order valence-electron chi connectivity index (χ3n) is 4.79. The van der Waals surface area contributed by atoms with Crippen LogP contribution in [0.5, 0.6) is 5.75 Å². The summed E-state index contributed by atoms with van der Waals surface area (Å²) in [5.41, 5.74) is -2.23. The van der Waals surface area contributed by atoms with Gasteiger partial charge in [-0.05, 0) is 37.1 Å². The summed E-state index contributed by atoms with van der Waals surface area (Å²) in [6.45, 7) is 0. The van der Waals surface area contributed by atoms with Gasteiger partial charge in [0.15, 0.2) is 6.23 Å². The number of alkyl halides is 3. The maximum atomic E-state index is 14.4. The molecule has 3 nitrogen and oxygen atoms in total. The van der Waals surface area contributed by atoms with Gasteiger partial charge in [-0.15, -0.1) is 0 Å². The van der Waals surface area contributed by atoms with Gasteiger partial charge in [0.05, 0.1) is 12.1 Å². The van der Waals surface area contributed by atoms with Gasteiger partial charge in [-0.25, -0.2) is 0 Å². The van der Waals surface area contributed by atoms with Gasteiger partial charge in [-0.2, -0.15) is 13.2 Å². The van der Waals surface area contributed by atoms with Gasteiger partial charge in [-0.3, -0.25) is 0 Å². The van der Waals surface area contributed by atoms with Crippen LogP contribution >= 0.6 is 11.6 Å². The maximum absolute atomic E-state index is 14.4. The number of hydrogen-bond acceptors (Lipinski definition) is 3. The SMILES string of the molecule is COc1ccc([C@H]2Nc3cccc(Cl)c3C(C#CC3CC3)(C(F)(F)F)O2)cc1. The first-order chi connectivity index (χ1) is 13.3. The van der Waals surface area contributed by atoms with Crippen molar-refractivity contribution in [1.29, 1.82) is 0 Å². The standard InChI is InChI=1S/C21H17ClF3NO2/c1-27-15-9-7-14(8-10-15)19-26-17-4-2-3-16(22)18(17)20(28-19,21(23,24)25)12-11-13-5-6-13/h2-4,7-10,13,19,26H,5-6H2,1H3/t19-,20?/m0/s1. The van der Waals surface area contributed by atoms with E-state index in [1.807, 2.05) is 0 Å². The van der Waals surface area contributed by atoms with Crippen LogP contribution in [0.2, 0.25) is 5.02 Å². The molecule has 1 aliphatic carbocycles. The summed E-state index contributed by atoms with van der Waals surface area (Å²) in [5.74, 6) is 5.71. The lowest BCUT2D eigenvalue weighted by molar-refractivity contribution is -0.273. The molecule has 7 heteroatoms. The summed E-state index contributed by atoms with van der Waals surface area (Å²) in [6, 6.07) is 11.2. The lowest BCUT2D eigenvalue weighted by atomic mass is 9.89. The number of rotatable bonds is 2. The number of hydrogen-bond donors (Lipinski definition) is 1. The molecule has 0 saturated heterocycles. The van der Waals surface area contributed by atoms with Crippen LogP contribution in [0.1, 0.15) is 30.2 Å². The van der Waals surface area contributed by atoms with Gasteiger partial charge in [0.1, 0.15) is 5.75 Å². The number of fused-ring (bicyclic) bond motifs is 1. The van der Waals surface area contributed by atoms with Gasteiger partial charge in [0, 0.05) is 22.7 Å². The molecule has 2 atom stereocenters. The second-order valence-electron chi connectivity index (χ2n) is 6.80. The van der Waals surface area contributed by atoms with E-state index < -0.39 is 18.0 Å². The molecule has 1 aliphatic heterocycles. The fraction of sp³-hybridized carbons (Fsp3) is 0.333. The first-order valence-electron chi connectivity index (χ1n) is 8.81. The maximum Gasteiger partial charge on any atom is 0.433 e. The molecule has 0 amide bonds. The fourth-order valence-corrected chi connectivity index (χ4v) is 3.45. The van der Waals surface area contributed by atoms with E-state index in [0.717, 1.165) is 12.8 Å². The summed E-state index contributed by atoms with van der Waals surface area (Å²) in [5, 5.41) is 2.97. The highest BCUT2D eigenvalue weighted by molar-refractivity contribution is 6.32. The number of benzene rings is 2. The Kier molecular flexibility index (Phi) is 4.68. The second-order valence-corrected chi connectivity index (χ2v) is 7.21. The molecule has 0 radical (unpaired) electrons. The van der Waals surface area contributed by atoms with Gasteiger partial charge in [0.25, 0.3) is 5.60 Å². The molecule has 2 aromatic carbocycles. The normalized spacial score (nSPS) is 23.8. The van der Waals surface area contributed by atoms with Crippen molar-refractivity contribution in [2.75, 3.05) is 12.4 Å². The summed E-state index contributed by atoms with van der Waals surface area (Å²) >= 11 is 6.19. The highest BCUT2D eigenvalue weighted by atomic mass is 35.5. The average Bonchev–Trinajstić information content (AvgIpc) is 3.49. The summed E-state index contributed by atoms with van der Waals surface area (Å²) in [6.07, 6.45) is -4.22. The fourth-order valence-electron chi connectivity index (χ4n) is 3.14. The van der Waals surface area contributed by atoms with Crippen LogP contribution in [-0.2, 0) is 10.3 Å². The molecule has 146 valence electrons. The highest BCUT2D eigenvalue weighted by Crippen LogP contribution is 2.53. The largest absolute Gasteiger partial charge is 0.497 e. The number of methoxy groups -OCH3 is 1. The zero-order valence-electron chi connectivity index (χ0n) is 14.9. The third kappa shape index (κ3) is 3.30. The summed E-state index contributed by atoms with van der Waals surface area (Å²) in [7, 11) is 1.52. The van der Waals surface area contributed by atoms with E-state index >= 15 is 0 Å². The van der Waals surface area contributed by atoms with Crippen molar-refractivity contribution in [2.24, 2.45) is 5.92 Å². The predicted molar refractivity (Wildman–Crippen MR) is 100 cm³/mol. The Balaban J connectivity index is 1.86. The molecule has 28 heavy (non-hydrogen) atoms. The quantitative estimate of drug-likeness (QED) is 0.651. The molecule has 0 bridgehead atoms. The first-order valence-corrected chi connectivity index (χ1v) is 9.18. The Hall–Kier alpha value is -2.36. The summed E-state index contributed by atoms with van der Waals surface area (Å²) < 4.78 is 54.0. The minimum atomic E-state index is -4.78. The zero-order valence-corrected chi connectivity index (χ0v) is 15.7. The smallest absolute Gasteiger partial charge is 0.433 e. The van der Waals surface area contributed by atoms with Crippen LogP contribution < -0.4 is 10.1 Å². The van der Waals surface area contributed by atoms with Gasteiger partial charge >= 0.3 is 6.18 Å². The Morgan fingerprint density at radius 1 is 1.18 bits per heavy atom. The molecule has 1 saturated carbocycles. The first kappa shape index (κ1) is 19.0. The van der Waals surface area contributed by atoms with E-state index in [2.05, 4.69) is 17.2 Å². The summed E-state index contributed by atoms with van der Waals surface area (Å²) in [4.78, 5) is 0. The van der Waals surface area contributed by atoms with Crippen LogP contribution in [0.3, 0.4) is 0 Å². The van der Waals surface area contributed by atoms with Crippen LogP contribution in [0.25, 0.3) is 0 Å². The minimum absolute atomic E-state index is 0.0249. The molecular weight excluding hydrogens is 391 g/mol. The molecule has 1 heterocycles. The number of ether oxygens (including phenoxy) is 2.